The number of nitrogens with zero attached hydrogens (tertiary/aromatic N) is 1. The van der Waals surface area contributed by atoms with Crippen LogP contribution in [0.3, 0.4) is 0 Å². The molecule has 0 unspecified atom stereocenters. The summed E-state index contributed by atoms with van der Waals surface area (Å²) < 4.78 is 11.8. The molecule has 168 valence electrons. The molecule has 1 amide bonds. The van der Waals surface area contributed by atoms with Gasteiger partial charge in [0.1, 0.15) is 0 Å². The summed E-state index contributed by atoms with van der Waals surface area (Å²) in [6.07, 6.45) is 10.2. The van der Waals surface area contributed by atoms with E-state index in [1.807, 2.05) is 0 Å². The van der Waals surface area contributed by atoms with Gasteiger partial charge in [-0.15, -0.1) is 0 Å². The average Bonchev–Trinajstić information content (AvgIpc) is 2.52. The Labute approximate surface area is 179 Å². The van der Waals surface area contributed by atoms with Crippen molar-refractivity contribution in [1.82, 2.24) is 4.90 Å². The van der Waals surface area contributed by atoms with Gasteiger partial charge < -0.3 is 14.4 Å². The van der Waals surface area contributed by atoms with Crippen molar-refractivity contribution >= 4 is 5.91 Å². The lowest BCUT2D eigenvalue weighted by atomic mass is 9.28. The number of unbranched alkanes of at least 4 members (excludes halogenated alkanes) is 4. The van der Waals surface area contributed by atoms with Gasteiger partial charge in [0.25, 0.3) is 0 Å². The molecule has 0 aromatic carbocycles. The second-order valence-corrected chi connectivity index (χ2v) is 12.1. The van der Waals surface area contributed by atoms with Gasteiger partial charge in [0.2, 0.25) is 5.91 Å². The van der Waals surface area contributed by atoms with Crippen molar-refractivity contribution in [3.8, 4) is 0 Å². The molecule has 0 aromatic heterocycles. The van der Waals surface area contributed by atoms with Gasteiger partial charge in [0, 0.05) is 19.7 Å². The van der Waals surface area contributed by atoms with Crippen LogP contribution < -0.4 is 0 Å². The van der Waals surface area contributed by atoms with E-state index in [2.05, 4.69) is 53.4 Å². The van der Waals surface area contributed by atoms with Gasteiger partial charge in [-0.3, -0.25) is 4.79 Å². The number of hydrogen-bond acceptors (Lipinski definition) is 3. The Bertz CT molecular complexity index is 574. The van der Waals surface area contributed by atoms with E-state index in [1.54, 1.807) is 0 Å². The van der Waals surface area contributed by atoms with E-state index >= 15 is 0 Å². The quantitative estimate of drug-likeness (QED) is 0.443. The van der Waals surface area contributed by atoms with Crippen LogP contribution in [-0.4, -0.2) is 47.8 Å². The van der Waals surface area contributed by atoms with Crippen LogP contribution in [0.2, 0.25) is 0 Å². The highest BCUT2D eigenvalue weighted by molar-refractivity contribution is 5.87. The van der Waals surface area contributed by atoms with Gasteiger partial charge in [-0.2, -0.15) is 0 Å². The summed E-state index contributed by atoms with van der Waals surface area (Å²) in [4.78, 5) is 15.1. The first-order valence-electron chi connectivity index (χ1n) is 12.0. The molecule has 0 spiro atoms. The number of hydrogen-bond donors (Lipinski definition) is 0. The minimum Gasteiger partial charge on any atom is -0.376 e. The van der Waals surface area contributed by atoms with Crippen molar-refractivity contribution in [3.63, 3.8) is 0 Å². The van der Waals surface area contributed by atoms with Gasteiger partial charge >= 0.3 is 0 Å². The third-order valence-corrected chi connectivity index (χ3v) is 7.52. The number of carbonyl (C=O) groups excluding carboxylic acids is 1. The first kappa shape index (κ1) is 23.1. The third-order valence-electron chi connectivity index (χ3n) is 7.52. The van der Waals surface area contributed by atoms with Crippen LogP contribution in [0, 0.1) is 16.7 Å². The molecule has 0 aromatic rings. The molecule has 4 nitrogen and oxygen atoms in total. The molecule has 1 saturated heterocycles. The van der Waals surface area contributed by atoms with E-state index in [4.69, 9.17) is 9.47 Å². The summed E-state index contributed by atoms with van der Waals surface area (Å²) in [6, 6.07) is 0. The Morgan fingerprint density at radius 3 is 2.07 bits per heavy atom. The molecular weight excluding hydrogens is 362 g/mol. The molecule has 0 radical (unpaired) electrons. The number of amides is 1. The fraction of sp³-hybridized carbons (Fsp3) is 0.960. The molecule has 1 heterocycles. The van der Waals surface area contributed by atoms with Crippen LogP contribution in [0.4, 0.5) is 0 Å². The van der Waals surface area contributed by atoms with Crippen LogP contribution >= 0.6 is 0 Å². The van der Waals surface area contributed by atoms with Gasteiger partial charge in [-0.1, -0.05) is 32.6 Å². The smallest absolute Gasteiger partial charge is 0.229 e. The second-order valence-electron chi connectivity index (χ2n) is 12.1. The largest absolute Gasteiger partial charge is 0.376 e. The van der Waals surface area contributed by atoms with Crippen LogP contribution in [0.5, 0.6) is 0 Å². The Morgan fingerprint density at radius 2 is 1.52 bits per heavy atom. The maximum absolute atomic E-state index is 13.0. The van der Waals surface area contributed by atoms with Crippen LogP contribution in [0.15, 0.2) is 0 Å². The second kappa shape index (κ2) is 8.15. The average molecular weight is 408 g/mol. The zero-order chi connectivity index (χ0) is 21.5. The van der Waals surface area contributed by atoms with Crippen LogP contribution in [-0.2, 0) is 14.3 Å². The number of likely N-dealkylation sites (tertiary alicyclic amines) is 1. The lowest BCUT2D eigenvalue weighted by Crippen LogP contribution is -2.76. The Hall–Kier alpha value is -0.610. The molecule has 2 bridgehead atoms. The molecule has 4 heteroatoms. The fourth-order valence-corrected chi connectivity index (χ4v) is 5.85. The number of carbonyl (C=O) groups is 1. The standard InChI is InChI=1S/C25H45NO3/c1-19-24(13-11-9-8-10-12-14-28-22(2,3)4)17-25(19,18-24)21(27)26-15-20(16-26)29-23(5,6)7/h19-20H,8-18H2,1-7H3/t19-,24?,25?/m1/s1. The Morgan fingerprint density at radius 1 is 0.931 bits per heavy atom. The highest BCUT2D eigenvalue weighted by Crippen LogP contribution is 2.79. The summed E-state index contributed by atoms with van der Waals surface area (Å²) in [5.41, 5.74) is 0.339. The molecule has 3 aliphatic carbocycles. The SMILES string of the molecule is C[C@@H]1C2(CCCCCCCOC(C)(C)C)CC1(C(=O)N1CC(OC(C)(C)C)C1)C2. The van der Waals surface area contributed by atoms with E-state index < -0.39 is 0 Å². The first-order chi connectivity index (χ1) is 13.4. The fourth-order valence-electron chi connectivity index (χ4n) is 5.85. The van der Waals surface area contributed by atoms with Crippen molar-refractivity contribution in [2.24, 2.45) is 16.7 Å². The maximum Gasteiger partial charge on any atom is 0.229 e. The predicted octanol–water partition coefficient (Wildman–Crippen LogP) is 5.58. The summed E-state index contributed by atoms with van der Waals surface area (Å²) >= 11 is 0. The summed E-state index contributed by atoms with van der Waals surface area (Å²) in [6.45, 7) is 17.4. The normalized spacial score (nSPS) is 31.8. The summed E-state index contributed by atoms with van der Waals surface area (Å²) in [5.74, 6) is 0.991. The van der Waals surface area contributed by atoms with Gasteiger partial charge in [-0.05, 0) is 78.6 Å². The van der Waals surface area contributed by atoms with E-state index in [1.165, 1.54) is 38.5 Å². The molecule has 0 N–H and O–H groups in total. The van der Waals surface area contributed by atoms with E-state index in [0.717, 1.165) is 32.5 Å². The van der Waals surface area contributed by atoms with Gasteiger partial charge in [0.15, 0.2) is 0 Å². The van der Waals surface area contributed by atoms with Crippen molar-refractivity contribution in [1.29, 1.82) is 0 Å². The first-order valence-corrected chi connectivity index (χ1v) is 12.0. The van der Waals surface area contributed by atoms with Crippen LogP contribution in [0.25, 0.3) is 0 Å². The Balaban J connectivity index is 1.28. The zero-order valence-corrected chi connectivity index (χ0v) is 20.1. The number of ether oxygens (including phenoxy) is 2. The Kier molecular flexibility index (Phi) is 6.48. The maximum atomic E-state index is 13.0. The summed E-state index contributed by atoms with van der Waals surface area (Å²) in [7, 11) is 0. The molecule has 4 aliphatic rings. The highest BCUT2D eigenvalue weighted by Gasteiger charge is 2.76. The highest BCUT2D eigenvalue weighted by atomic mass is 16.5. The van der Waals surface area contributed by atoms with Crippen molar-refractivity contribution in [2.75, 3.05) is 19.7 Å². The van der Waals surface area contributed by atoms with Crippen molar-refractivity contribution < 1.29 is 14.3 Å². The molecule has 29 heavy (non-hydrogen) atoms. The topological polar surface area (TPSA) is 38.8 Å². The predicted molar refractivity (Wildman–Crippen MR) is 118 cm³/mol. The van der Waals surface area contributed by atoms with Gasteiger partial charge in [0.05, 0.1) is 22.7 Å². The van der Waals surface area contributed by atoms with E-state index in [0.29, 0.717) is 17.2 Å². The lowest BCUT2D eigenvalue weighted by Gasteiger charge is -2.76. The lowest BCUT2D eigenvalue weighted by molar-refractivity contribution is -0.271. The molecule has 1 aliphatic heterocycles. The van der Waals surface area contributed by atoms with Crippen molar-refractivity contribution in [2.45, 2.75) is 117 Å². The van der Waals surface area contributed by atoms with E-state index in [9.17, 15) is 4.79 Å². The molecule has 4 fully saturated rings. The third kappa shape index (κ3) is 5.01. The van der Waals surface area contributed by atoms with Gasteiger partial charge in [-0.25, -0.2) is 0 Å². The molecular formula is C25H45NO3. The molecule has 1 atom stereocenters. The van der Waals surface area contributed by atoms with Crippen molar-refractivity contribution in [3.05, 3.63) is 0 Å². The minimum atomic E-state index is -0.118. The van der Waals surface area contributed by atoms with Crippen LogP contribution in [0.1, 0.15) is 99.8 Å². The summed E-state index contributed by atoms with van der Waals surface area (Å²) in [5, 5.41) is 0. The monoisotopic (exact) mass is 407 g/mol. The number of rotatable bonds is 10. The molecule has 4 rings (SSSR count). The molecule has 3 saturated carbocycles. The minimum absolute atomic E-state index is 0.00967. The van der Waals surface area contributed by atoms with E-state index in [-0.39, 0.29) is 22.7 Å². The zero-order valence-electron chi connectivity index (χ0n) is 20.1.